The molecular formula is C25H29N5O. The summed E-state index contributed by atoms with van der Waals surface area (Å²) in [4.78, 5) is 26.3. The van der Waals surface area contributed by atoms with Crippen molar-refractivity contribution in [1.82, 2.24) is 25.2 Å². The van der Waals surface area contributed by atoms with E-state index in [2.05, 4.69) is 44.5 Å². The minimum Gasteiger partial charge on any atom is -0.361 e. The molecule has 0 spiro atoms. The molecular weight excluding hydrogens is 386 g/mol. The van der Waals surface area contributed by atoms with Crippen LogP contribution in [0.1, 0.15) is 24.2 Å². The first-order valence-electron chi connectivity index (χ1n) is 11.2. The quantitative estimate of drug-likeness (QED) is 0.431. The molecule has 31 heavy (non-hydrogen) atoms. The normalized spacial score (nSPS) is 17.4. The predicted octanol–water partition coefficient (Wildman–Crippen LogP) is 3.66. The molecule has 160 valence electrons. The number of aromatic amines is 2. The smallest absolute Gasteiger partial charge is 0.234 e. The predicted molar refractivity (Wildman–Crippen MR) is 124 cm³/mol. The number of carbonyl (C=O) groups excluding carboxylic acids is 1. The third kappa shape index (κ3) is 4.64. The summed E-state index contributed by atoms with van der Waals surface area (Å²) in [5.41, 5.74) is 4.52. The number of piperidine rings is 1. The van der Waals surface area contributed by atoms with Crippen molar-refractivity contribution in [2.45, 2.75) is 25.7 Å². The Morgan fingerprint density at radius 2 is 1.97 bits per heavy atom. The number of hydrogen-bond acceptors (Lipinski definition) is 3. The highest BCUT2D eigenvalue weighted by atomic mass is 16.2. The second-order valence-electron chi connectivity index (χ2n) is 8.61. The second-order valence-corrected chi connectivity index (χ2v) is 8.61. The van der Waals surface area contributed by atoms with Crippen molar-refractivity contribution in [2.75, 3.05) is 26.2 Å². The van der Waals surface area contributed by atoms with Gasteiger partial charge in [0, 0.05) is 36.6 Å². The Kier molecular flexibility index (Phi) is 5.71. The standard InChI is InChI=1S/C25H29N5O/c31-25(26-12-11-19-15-27-21-8-2-1-7-20(19)21)17-30-13-5-6-18(16-30)14-24-28-22-9-3-4-10-23(22)29-24/h1-4,7-10,15,18,27H,5-6,11-14,16-17H2,(H,26,31)(H,28,29)/t18-/m1/s1. The van der Waals surface area contributed by atoms with Gasteiger partial charge in [0.25, 0.3) is 0 Å². The molecule has 0 unspecified atom stereocenters. The van der Waals surface area contributed by atoms with Gasteiger partial charge in [-0.1, -0.05) is 30.3 Å². The van der Waals surface area contributed by atoms with E-state index in [1.165, 1.54) is 17.4 Å². The zero-order valence-corrected chi connectivity index (χ0v) is 17.7. The minimum atomic E-state index is 0.115. The lowest BCUT2D eigenvalue weighted by molar-refractivity contribution is -0.122. The molecule has 6 nitrogen and oxygen atoms in total. The van der Waals surface area contributed by atoms with E-state index in [1.807, 2.05) is 30.5 Å². The van der Waals surface area contributed by atoms with Gasteiger partial charge in [-0.05, 0) is 55.5 Å². The Balaban J connectivity index is 1.10. The van der Waals surface area contributed by atoms with Gasteiger partial charge >= 0.3 is 0 Å². The maximum atomic E-state index is 12.5. The van der Waals surface area contributed by atoms with Gasteiger partial charge in [-0.2, -0.15) is 0 Å². The van der Waals surface area contributed by atoms with Gasteiger partial charge in [0.2, 0.25) is 5.91 Å². The lowest BCUT2D eigenvalue weighted by atomic mass is 9.94. The summed E-state index contributed by atoms with van der Waals surface area (Å²) in [5, 5.41) is 4.34. The fourth-order valence-electron chi connectivity index (χ4n) is 4.77. The number of rotatable bonds is 7. The van der Waals surface area contributed by atoms with Crippen molar-refractivity contribution in [2.24, 2.45) is 5.92 Å². The maximum absolute atomic E-state index is 12.5. The summed E-state index contributed by atoms with van der Waals surface area (Å²) in [6, 6.07) is 16.5. The number of nitrogens with one attached hydrogen (secondary N) is 3. The average molecular weight is 416 g/mol. The van der Waals surface area contributed by atoms with E-state index >= 15 is 0 Å². The number of benzene rings is 2. The number of H-pyrrole nitrogens is 2. The summed E-state index contributed by atoms with van der Waals surface area (Å²) in [7, 11) is 0. The van der Waals surface area contributed by atoms with Crippen LogP contribution in [-0.2, 0) is 17.6 Å². The molecule has 1 saturated heterocycles. The number of carbonyl (C=O) groups is 1. The van der Waals surface area contributed by atoms with Crippen LogP contribution in [0, 0.1) is 5.92 Å². The molecule has 3 N–H and O–H groups in total. The van der Waals surface area contributed by atoms with Crippen LogP contribution in [0.3, 0.4) is 0 Å². The van der Waals surface area contributed by atoms with E-state index in [4.69, 9.17) is 4.98 Å². The van der Waals surface area contributed by atoms with Gasteiger partial charge in [-0.15, -0.1) is 0 Å². The van der Waals surface area contributed by atoms with Crippen LogP contribution in [0.4, 0.5) is 0 Å². The van der Waals surface area contributed by atoms with Gasteiger partial charge in [0.15, 0.2) is 0 Å². The summed E-state index contributed by atoms with van der Waals surface area (Å²) in [6.07, 6.45) is 6.14. The molecule has 0 bridgehead atoms. The Morgan fingerprint density at radius 3 is 2.87 bits per heavy atom. The topological polar surface area (TPSA) is 76.8 Å². The van der Waals surface area contributed by atoms with Gasteiger partial charge < -0.3 is 15.3 Å². The first-order valence-corrected chi connectivity index (χ1v) is 11.2. The molecule has 1 amide bonds. The first kappa shape index (κ1) is 19.8. The van der Waals surface area contributed by atoms with Crippen LogP contribution in [-0.4, -0.2) is 51.9 Å². The number of likely N-dealkylation sites (tertiary alicyclic amines) is 1. The molecule has 0 aliphatic carbocycles. The second kappa shape index (κ2) is 8.94. The molecule has 3 heterocycles. The van der Waals surface area contributed by atoms with Crippen molar-refractivity contribution in [3.8, 4) is 0 Å². The zero-order chi connectivity index (χ0) is 21.0. The molecule has 2 aromatic carbocycles. The summed E-state index contributed by atoms with van der Waals surface area (Å²) < 4.78 is 0. The number of fused-ring (bicyclic) bond motifs is 2. The molecule has 1 aliphatic heterocycles. The summed E-state index contributed by atoms with van der Waals surface area (Å²) in [5.74, 6) is 1.70. The number of imidazole rings is 1. The van der Waals surface area contributed by atoms with Crippen LogP contribution in [0.5, 0.6) is 0 Å². The molecule has 1 aliphatic rings. The van der Waals surface area contributed by atoms with Crippen LogP contribution >= 0.6 is 0 Å². The van der Waals surface area contributed by atoms with E-state index in [0.29, 0.717) is 19.0 Å². The van der Waals surface area contributed by atoms with Crippen molar-refractivity contribution < 1.29 is 4.79 Å². The Morgan fingerprint density at radius 1 is 1.13 bits per heavy atom. The Labute approximate surface area is 182 Å². The number of amides is 1. The molecule has 0 saturated carbocycles. The molecule has 1 fully saturated rings. The average Bonchev–Trinajstić information content (AvgIpc) is 3.37. The van der Waals surface area contributed by atoms with E-state index in [9.17, 15) is 4.79 Å². The molecule has 2 aromatic heterocycles. The number of para-hydroxylation sites is 3. The highest BCUT2D eigenvalue weighted by molar-refractivity contribution is 5.83. The lowest BCUT2D eigenvalue weighted by Crippen LogP contribution is -2.43. The lowest BCUT2D eigenvalue weighted by Gasteiger charge is -2.31. The van der Waals surface area contributed by atoms with Gasteiger partial charge in [0.05, 0.1) is 17.6 Å². The van der Waals surface area contributed by atoms with Crippen LogP contribution in [0.25, 0.3) is 21.9 Å². The van der Waals surface area contributed by atoms with E-state index in [-0.39, 0.29) is 5.91 Å². The van der Waals surface area contributed by atoms with Crippen molar-refractivity contribution >= 4 is 27.8 Å². The molecule has 6 heteroatoms. The third-order valence-electron chi connectivity index (χ3n) is 6.28. The Hall–Kier alpha value is -3.12. The fraction of sp³-hybridized carbons (Fsp3) is 0.360. The number of hydrogen-bond donors (Lipinski definition) is 3. The summed E-state index contributed by atoms with van der Waals surface area (Å²) >= 11 is 0. The van der Waals surface area contributed by atoms with Gasteiger partial charge in [-0.25, -0.2) is 4.98 Å². The van der Waals surface area contributed by atoms with E-state index < -0.39 is 0 Å². The highest BCUT2D eigenvalue weighted by Gasteiger charge is 2.22. The number of nitrogens with zero attached hydrogens (tertiary/aromatic N) is 2. The fourth-order valence-corrected chi connectivity index (χ4v) is 4.77. The Bertz CT molecular complexity index is 1140. The van der Waals surface area contributed by atoms with Crippen molar-refractivity contribution in [3.63, 3.8) is 0 Å². The molecule has 5 rings (SSSR count). The SMILES string of the molecule is O=C(CN1CCC[C@H](Cc2nc3ccccc3[nH]2)C1)NCCc1c[nH]c2ccccc12. The van der Waals surface area contributed by atoms with Crippen LogP contribution in [0.15, 0.2) is 54.7 Å². The maximum Gasteiger partial charge on any atom is 0.234 e. The van der Waals surface area contributed by atoms with Gasteiger partial charge in [0.1, 0.15) is 5.82 Å². The largest absolute Gasteiger partial charge is 0.361 e. The van der Waals surface area contributed by atoms with Crippen molar-refractivity contribution in [3.05, 3.63) is 66.1 Å². The van der Waals surface area contributed by atoms with Crippen LogP contribution in [0.2, 0.25) is 0 Å². The van der Waals surface area contributed by atoms with E-state index in [1.54, 1.807) is 0 Å². The summed E-state index contributed by atoms with van der Waals surface area (Å²) in [6.45, 7) is 3.08. The van der Waals surface area contributed by atoms with E-state index in [0.717, 1.165) is 54.7 Å². The monoisotopic (exact) mass is 415 g/mol. The van der Waals surface area contributed by atoms with Crippen LogP contribution < -0.4 is 5.32 Å². The molecule has 4 aromatic rings. The zero-order valence-electron chi connectivity index (χ0n) is 17.7. The van der Waals surface area contributed by atoms with Crippen molar-refractivity contribution in [1.29, 1.82) is 0 Å². The highest BCUT2D eigenvalue weighted by Crippen LogP contribution is 2.21. The first-order chi connectivity index (χ1) is 15.2. The van der Waals surface area contributed by atoms with Gasteiger partial charge in [-0.3, -0.25) is 9.69 Å². The molecule has 0 radical (unpaired) electrons. The molecule has 1 atom stereocenters. The number of aromatic nitrogens is 3. The minimum absolute atomic E-state index is 0.115. The third-order valence-corrected chi connectivity index (χ3v) is 6.28.